The topological polar surface area (TPSA) is 54.4 Å². The minimum atomic E-state index is -4.10. The van der Waals surface area contributed by atoms with Crippen molar-refractivity contribution >= 4 is 10.1 Å². The first-order valence-electron chi connectivity index (χ1n) is 24.6. The van der Waals surface area contributed by atoms with E-state index in [1.54, 1.807) is 12.1 Å². The highest BCUT2D eigenvalue weighted by atomic mass is 32.2. The molecule has 0 unspecified atom stereocenters. The average molecular weight is 775 g/mol. The molecule has 0 saturated carbocycles. The molecule has 54 heavy (non-hydrogen) atoms. The van der Waals surface area contributed by atoms with Crippen LogP contribution in [0.4, 0.5) is 0 Å². The Morgan fingerprint density at radius 1 is 0.352 bits per heavy atom. The summed E-state index contributed by atoms with van der Waals surface area (Å²) in [6, 6.07) is 6.71. The summed E-state index contributed by atoms with van der Waals surface area (Å²) >= 11 is 0. The van der Waals surface area contributed by atoms with E-state index in [-0.39, 0.29) is 4.90 Å². The lowest BCUT2D eigenvalue weighted by Crippen LogP contribution is -1.98. The third-order valence-corrected chi connectivity index (χ3v) is 12.9. The van der Waals surface area contributed by atoms with E-state index in [1.807, 2.05) is 6.07 Å². The highest BCUT2D eigenvalue weighted by Gasteiger charge is 2.09. The fraction of sp³-hybridized carbons (Fsp3) is 0.880. The van der Waals surface area contributed by atoms with Crippen LogP contribution in [-0.4, -0.2) is 13.0 Å². The molecule has 0 bridgehead atoms. The van der Waals surface area contributed by atoms with Gasteiger partial charge in [0, 0.05) is 0 Å². The second-order valence-corrected chi connectivity index (χ2v) is 18.8. The molecule has 1 rings (SSSR count). The first-order chi connectivity index (χ1) is 26.5. The Kier molecular flexibility index (Phi) is 38.2. The molecule has 0 fully saturated rings. The lowest BCUT2D eigenvalue weighted by molar-refractivity contribution is 0.483. The van der Waals surface area contributed by atoms with Crippen molar-refractivity contribution < 1.29 is 13.0 Å². The highest BCUT2D eigenvalue weighted by molar-refractivity contribution is 7.85. The van der Waals surface area contributed by atoms with Gasteiger partial charge >= 0.3 is 0 Å². The van der Waals surface area contributed by atoms with Crippen LogP contribution < -0.4 is 0 Å². The monoisotopic (exact) mass is 775 g/mol. The van der Waals surface area contributed by atoms with Gasteiger partial charge in [0.2, 0.25) is 0 Å². The van der Waals surface area contributed by atoms with Gasteiger partial charge in [-0.25, -0.2) is 0 Å². The Morgan fingerprint density at radius 3 is 0.796 bits per heavy atom. The normalized spacial score (nSPS) is 11.9. The SMILES string of the molecule is CCCCCCCCCCCCCCCCCCCCCCCCCCCCCCCCCCCCCCCCCCCCc1cccc(S(=O)(=O)O)c1. The zero-order valence-corrected chi connectivity index (χ0v) is 37.2. The Balaban J connectivity index is 1.65. The molecule has 0 saturated heterocycles. The van der Waals surface area contributed by atoms with Crippen molar-refractivity contribution in [3.63, 3.8) is 0 Å². The maximum absolute atomic E-state index is 11.3. The zero-order valence-electron chi connectivity index (χ0n) is 36.4. The molecule has 0 amide bonds. The van der Waals surface area contributed by atoms with E-state index in [1.165, 1.54) is 269 Å². The van der Waals surface area contributed by atoms with Crippen molar-refractivity contribution in [1.29, 1.82) is 0 Å². The molecule has 0 aliphatic carbocycles. The summed E-state index contributed by atoms with van der Waals surface area (Å²) in [7, 11) is -4.10. The minimum Gasteiger partial charge on any atom is -0.282 e. The lowest BCUT2D eigenvalue weighted by Gasteiger charge is -2.05. The van der Waals surface area contributed by atoms with Crippen molar-refractivity contribution in [2.45, 2.75) is 288 Å². The number of hydrogen-bond acceptors (Lipinski definition) is 2. The Hall–Kier alpha value is -0.870. The van der Waals surface area contributed by atoms with Gasteiger partial charge in [0.1, 0.15) is 0 Å². The number of hydrogen-bond donors (Lipinski definition) is 1. The summed E-state index contributed by atoms with van der Waals surface area (Å²) in [5, 5.41) is 0. The van der Waals surface area contributed by atoms with Crippen molar-refractivity contribution in [2.75, 3.05) is 0 Å². The molecular weight excluding hydrogens is 681 g/mol. The molecule has 0 atom stereocenters. The van der Waals surface area contributed by atoms with E-state index in [4.69, 9.17) is 0 Å². The molecule has 318 valence electrons. The summed E-state index contributed by atoms with van der Waals surface area (Å²) < 4.78 is 31.8. The third-order valence-electron chi connectivity index (χ3n) is 12.0. The van der Waals surface area contributed by atoms with Gasteiger partial charge in [0.05, 0.1) is 4.90 Å². The van der Waals surface area contributed by atoms with E-state index in [0.717, 1.165) is 18.4 Å². The third kappa shape index (κ3) is 36.7. The van der Waals surface area contributed by atoms with Crippen molar-refractivity contribution in [2.24, 2.45) is 0 Å². The summed E-state index contributed by atoms with van der Waals surface area (Å²) in [4.78, 5) is 0.00653. The Morgan fingerprint density at radius 2 is 0.574 bits per heavy atom. The van der Waals surface area contributed by atoms with Gasteiger partial charge in [-0.15, -0.1) is 0 Å². The summed E-state index contributed by atoms with van der Waals surface area (Å²) in [5.74, 6) is 0. The average Bonchev–Trinajstić information content (AvgIpc) is 3.16. The van der Waals surface area contributed by atoms with Crippen LogP contribution in [0.5, 0.6) is 0 Å². The molecule has 0 aliphatic heterocycles. The molecule has 0 aromatic heterocycles. The zero-order chi connectivity index (χ0) is 38.9. The Bertz CT molecular complexity index is 989. The minimum absolute atomic E-state index is 0.00653. The molecule has 0 spiro atoms. The van der Waals surface area contributed by atoms with Crippen molar-refractivity contribution in [3.8, 4) is 0 Å². The first kappa shape index (κ1) is 51.1. The van der Waals surface area contributed by atoms with Crippen molar-refractivity contribution in [3.05, 3.63) is 29.8 Å². The van der Waals surface area contributed by atoms with Crippen LogP contribution >= 0.6 is 0 Å². The van der Waals surface area contributed by atoms with Gasteiger partial charge in [-0.2, -0.15) is 8.42 Å². The van der Waals surface area contributed by atoms with Crippen LogP contribution in [0.3, 0.4) is 0 Å². The molecule has 4 heteroatoms. The van der Waals surface area contributed by atoms with E-state index in [2.05, 4.69) is 6.92 Å². The Labute approximate surface area is 339 Å². The number of unbranched alkanes of at least 4 members (excludes halogenated alkanes) is 41. The molecular formula is C50H94O3S. The lowest BCUT2D eigenvalue weighted by atomic mass is 10.0. The largest absolute Gasteiger partial charge is 0.294 e. The predicted octanol–water partition coefficient (Wildman–Crippen LogP) is 17.9. The summed E-state index contributed by atoms with van der Waals surface area (Å²) in [6.07, 6.45) is 61.1. The standard InChI is InChI=1S/C50H94O3S/c1-2-3-4-5-6-7-8-9-10-11-12-13-14-15-16-17-18-19-20-21-22-23-24-25-26-27-28-29-30-31-32-33-34-35-36-37-38-39-40-41-42-43-45-49-46-44-47-50(48-49)54(51,52)53/h44,46-48H,2-43,45H2,1H3,(H,51,52,53). The fourth-order valence-corrected chi connectivity index (χ4v) is 8.89. The van der Waals surface area contributed by atoms with Gasteiger partial charge in [0.15, 0.2) is 0 Å². The quantitative estimate of drug-likeness (QED) is 0.0531. The molecule has 3 nitrogen and oxygen atoms in total. The molecule has 1 N–H and O–H groups in total. The smallest absolute Gasteiger partial charge is 0.282 e. The van der Waals surface area contributed by atoms with Gasteiger partial charge in [-0.1, -0.05) is 282 Å². The number of aryl methyl sites for hydroxylation is 1. The summed E-state index contributed by atoms with van der Waals surface area (Å²) in [6.45, 7) is 2.31. The maximum Gasteiger partial charge on any atom is 0.294 e. The summed E-state index contributed by atoms with van der Waals surface area (Å²) in [5.41, 5.74) is 0.993. The van der Waals surface area contributed by atoms with Crippen LogP contribution in [0.15, 0.2) is 29.2 Å². The predicted molar refractivity (Wildman–Crippen MR) is 240 cm³/mol. The number of rotatable bonds is 44. The highest BCUT2D eigenvalue weighted by Crippen LogP contribution is 2.19. The van der Waals surface area contributed by atoms with E-state index in [0.29, 0.717) is 0 Å². The first-order valence-corrected chi connectivity index (χ1v) is 26.0. The van der Waals surface area contributed by atoms with Gasteiger partial charge in [-0.05, 0) is 30.5 Å². The van der Waals surface area contributed by atoms with Gasteiger partial charge < -0.3 is 0 Å². The molecule has 0 radical (unpaired) electrons. The van der Waals surface area contributed by atoms with E-state index >= 15 is 0 Å². The molecule has 1 aromatic carbocycles. The molecule has 1 aromatic rings. The van der Waals surface area contributed by atoms with Crippen LogP contribution in [0, 0.1) is 0 Å². The van der Waals surface area contributed by atoms with Gasteiger partial charge in [-0.3, -0.25) is 4.55 Å². The maximum atomic E-state index is 11.3. The molecule has 0 heterocycles. The van der Waals surface area contributed by atoms with Gasteiger partial charge in [0.25, 0.3) is 10.1 Å². The molecule has 0 aliphatic rings. The van der Waals surface area contributed by atoms with Crippen LogP contribution in [0.2, 0.25) is 0 Å². The fourth-order valence-electron chi connectivity index (χ4n) is 8.33. The van der Waals surface area contributed by atoms with Crippen LogP contribution in [0.25, 0.3) is 0 Å². The second-order valence-electron chi connectivity index (χ2n) is 17.4. The van der Waals surface area contributed by atoms with E-state index < -0.39 is 10.1 Å². The van der Waals surface area contributed by atoms with Crippen LogP contribution in [0.1, 0.15) is 282 Å². The van der Waals surface area contributed by atoms with Crippen molar-refractivity contribution in [1.82, 2.24) is 0 Å². The van der Waals surface area contributed by atoms with E-state index in [9.17, 15) is 13.0 Å². The second kappa shape index (κ2) is 40.3. The van der Waals surface area contributed by atoms with Crippen LogP contribution in [-0.2, 0) is 16.5 Å². The number of benzene rings is 1.